The van der Waals surface area contributed by atoms with Crippen LogP contribution in [0.3, 0.4) is 0 Å². The molecule has 0 unspecified atom stereocenters. The van der Waals surface area contributed by atoms with Crippen molar-refractivity contribution in [2.45, 2.75) is 23.8 Å². The molecule has 1 aliphatic heterocycles. The second kappa shape index (κ2) is 5.29. The molecular weight excluding hydrogens is 257 g/mol. The first-order valence-electron chi connectivity index (χ1n) is 5.82. The average molecular weight is 273 g/mol. The van der Waals surface area contributed by atoms with E-state index in [1.165, 1.54) is 10.5 Å². The normalized spacial score (nSPS) is 19.0. The number of halogens is 1. The van der Waals surface area contributed by atoms with E-state index in [1.54, 1.807) is 0 Å². The fourth-order valence-electron chi connectivity index (χ4n) is 2.07. The van der Waals surface area contributed by atoms with Gasteiger partial charge in [-0.2, -0.15) is 4.31 Å². The first-order chi connectivity index (χ1) is 8.54. The van der Waals surface area contributed by atoms with E-state index in [0.717, 1.165) is 25.1 Å². The number of pyridine rings is 1. The molecule has 0 amide bonds. The van der Waals surface area contributed by atoms with Crippen LogP contribution in [-0.4, -0.2) is 43.9 Å². The van der Waals surface area contributed by atoms with E-state index in [1.807, 2.05) is 7.05 Å². The molecule has 0 radical (unpaired) electrons. The van der Waals surface area contributed by atoms with Gasteiger partial charge in [0.15, 0.2) is 0 Å². The van der Waals surface area contributed by atoms with Crippen molar-refractivity contribution in [3.05, 3.63) is 24.3 Å². The Bertz CT molecular complexity index is 513. The van der Waals surface area contributed by atoms with Crippen molar-refractivity contribution in [2.24, 2.45) is 0 Å². The lowest BCUT2D eigenvalue weighted by Crippen LogP contribution is -2.43. The van der Waals surface area contributed by atoms with Gasteiger partial charge in [0, 0.05) is 25.3 Å². The maximum Gasteiger partial charge on any atom is 0.244 e. The topological polar surface area (TPSA) is 62.3 Å². The van der Waals surface area contributed by atoms with Crippen LogP contribution in [0, 0.1) is 5.82 Å². The minimum atomic E-state index is -3.61. The van der Waals surface area contributed by atoms with Gasteiger partial charge in [-0.3, -0.25) is 4.98 Å². The quantitative estimate of drug-likeness (QED) is 0.875. The van der Waals surface area contributed by atoms with Gasteiger partial charge in [-0.05, 0) is 26.0 Å². The van der Waals surface area contributed by atoms with E-state index in [4.69, 9.17) is 0 Å². The molecular formula is C11H16FN3O2S. The van der Waals surface area contributed by atoms with Crippen molar-refractivity contribution in [3.8, 4) is 0 Å². The Kier molecular flexibility index (Phi) is 3.94. The second-order valence-electron chi connectivity index (χ2n) is 4.31. The summed E-state index contributed by atoms with van der Waals surface area (Å²) >= 11 is 0. The maximum atomic E-state index is 13.0. The second-order valence-corrected chi connectivity index (χ2v) is 6.24. The van der Waals surface area contributed by atoms with Gasteiger partial charge in [0.05, 0.1) is 6.20 Å². The molecule has 1 N–H and O–H groups in total. The summed E-state index contributed by atoms with van der Waals surface area (Å²) in [5, 5.41) is 3.13. The molecule has 2 rings (SSSR count). The third-order valence-corrected chi connectivity index (χ3v) is 5.04. The van der Waals surface area contributed by atoms with Gasteiger partial charge < -0.3 is 5.32 Å². The zero-order chi connectivity index (χ0) is 13.2. The molecule has 2 heterocycles. The maximum absolute atomic E-state index is 13.0. The van der Waals surface area contributed by atoms with Crippen LogP contribution < -0.4 is 5.32 Å². The van der Waals surface area contributed by atoms with E-state index in [-0.39, 0.29) is 4.90 Å². The summed E-state index contributed by atoms with van der Waals surface area (Å²) < 4.78 is 38.9. The summed E-state index contributed by atoms with van der Waals surface area (Å²) in [6.07, 6.45) is 3.70. The number of piperidine rings is 1. The van der Waals surface area contributed by atoms with Crippen molar-refractivity contribution >= 4 is 10.0 Å². The molecule has 0 aliphatic carbocycles. The highest BCUT2D eigenvalue weighted by Crippen LogP contribution is 2.20. The van der Waals surface area contributed by atoms with Gasteiger partial charge in [-0.15, -0.1) is 0 Å². The van der Waals surface area contributed by atoms with Crippen LogP contribution in [0.1, 0.15) is 12.8 Å². The molecule has 100 valence electrons. The zero-order valence-corrected chi connectivity index (χ0v) is 11.0. The van der Waals surface area contributed by atoms with Crippen LogP contribution >= 0.6 is 0 Å². The van der Waals surface area contributed by atoms with Crippen LogP contribution in [-0.2, 0) is 10.0 Å². The molecule has 0 bridgehead atoms. The highest BCUT2D eigenvalue weighted by molar-refractivity contribution is 7.89. The fraction of sp³-hybridized carbons (Fsp3) is 0.545. The van der Waals surface area contributed by atoms with Gasteiger partial charge in [0.25, 0.3) is 0 Å². The Morgan fingerprint density at radius 1 is 1.39 bits per heavy atom. The van der Waals surface area contributed by atoms with E-state index in [0.29, 0.717) is 19.1 Å². The monoisotopic (exact) mass is 273 g/mol. The molecule has 0 saturated carbocycles. The Labute approximate surface area is 106 Å². The standard InChI is InChI=1S/C11H16FN3O2S/c1-13-10-2-4-15(5-3-10)18(16,17)11-6-9(12)7-14-8-11/h6-8,10,13H,2-5H2,1H3. The summed E-state index contributed by atoms with van der Waals surface area (Å²) in [4.78, 5) is 3.50. The SMILES string of the molecule is CNC1CCN(S(=O)(=O)c2cncc(F)c2)CC1. The molecule has 1 aromatic rings. The van der Waals surface area contributed by atoms with Crippen molar-refractivity contribution in [3.63, 3.8) is 0 Å². The molecule has 0 atom stereocenters. The van der Waals surface area contributed by atoms with Gasteiger partial charge in [-0.1, -0.05) is 0 Å². The Balaban J connectivity index is 2.17. The Morgan fingerprint density at radius 2 is 2.06 bits per heavy atom. The molecule has 18 heavy (non-hydrogen) atoms. The zero-order valence-electron chi connectivity index (χ0n) is 10.1. The van der Waals surface area contributed by atoms with E-state index < -0.39 is 15.8 Å². The fourth-order valence-corrected chi connectivity index (χ4v) is 3.51. The highest BCUT2D eigenvalue weighted by atomic mass is 32.2. The van der Waals surface area contributed by atoms with Crippen LogP contribution in [0.5, 0.6) is 0 Å². The predicted octanol–water partition coefficient (Wildman–Crippen LogP) is 0.593. The predicted molar refractivity (Wildman–Crippen MR) is 65.0 cm³/mol. The summed E-state index contributed by atoms with van der Waals surface area (Å²) in [5.41, 5.74) is 0. The first kappa shape index (κ1) is 13.4. The van der Waals surface area contributed by atoms with Crippen LogP contribution in [0.25, 0.3) is 0 Å². The third kappa shape index (κ3) is 2.68. The van der Waals surface area contributed by atoms with Gasteiger partial charge in [0.1, 0.15) is 10.7 Å². The number of nitrogens with zero attached hydrogens (tertiary/aromatic N) is 2. The molecule has 0 spiro atoms. The number of aromatic nitrogens is 1. The Morgan fingerprint density at radius 3 is 2.61 bits per heavy atom. The minimum absolute atomic E-state index is 0.0783. The number of hydrogen-bond acceptors (Lipinski definition) is 4. The molecule has 0 aromatic carbocycles. The molecule has 5 nitrogen and oxygen atoms in total. The Hall–Kier alpha value is -1.05. The lowest BCUT2D eigenvalue weighted by atomic mass is 10.1. The molecule has 7 heteroatoms. The number of sulfonamides is 1. The van der Waals surface area contributed by atoms with Crippen LogP contribution in [0.4, 0.5) is 4.39 Å². The molecule has 1 fully saturated rings. The van der Waals surface area contributed by atoms with E-state index in [2.05, 4.69) is 10.3 Å². The summed E-state index contributed by atoms with van der Waals surface area (Å²) in [7, 11) is -1.75. The average Bonchev–Trinajstić information content (AvgIpc) is 2.39. The van der Waals surface area contributed by atoms with E-state index >= 15 is 0 Å². The summed E-state index contributed by atoms with van der Waals surface area (Å²) in [6, 6.07) is 1.36. The van der Waals surface area contributed by atoms with Gasteiger partial charge in [-0.25, -0.2) is 12.8 Å². The van der Waals surface area contributed by atoms with Crippen molar-refractivity contribution < 1.29 is 12.8 Å². The molecule has 1 aromatic heterocycles. The lowest BCUT2D eigenvalue weighted by molar-refractivity contribution is 0.298. The van der Waals surface area contributed by atoms with Crippen molar-refractivity contribution in [2.75, 3.05) is 20.1 Å². The van der Waals surface area contributed by atoms with Crippen molar-refractivity contribution in [1.29, 1.82) is 0 Å². The first-order valence-corrected chi connectivity index (χ1v) is 7.26. The number of rotatable bonds is 3. The van der Waals surface area contributed by atoms with Crippen molar-refractivity contribution in [1.82, 2.24) is 14.6 Å². The minimum Gasteiger partial charge on any atom is -0.317 e. The largest absolute Gasteiger partial charge is 0.317 e. The number of nitrogens with one attached hydrogen (secondary N) is 1. The van der Waals surface area contributed by atoms with Crippen LogP contribution in [0.2, 0.25) is 0 Å². The third-order valence-electron chi connectivity index (χ3n) is 3.18. The molecule has 1 saturated heterocycles. The molecule has 1 aliphatic rings. The van der Waals surface area contributed by atoms with E-state index in [9.17, 15) is 12.8 Å². The van der Waals surface area contributed by atoms with Crippen LogP contribution in [0.15, 0.2) is 23.4 Å². The smallest absolute Gasteiger partial charge is 0.244 e. The van der Waals surface area contributed by atoms with Gasteiger partial charge >= 0.3 is 0 Å². The number of hydrogen-bond donors (Lipinski definition) is 1. The lowest BCUT2D eigenvalue weighted by Gasteiger charge is -2.30. The van der Waals surface area contributed by atoms with Gasteiger partial charge in [0.2, 0.25) is 10.0 Å². The summed E-state index contributed by atoms with van der Waals surface area (Å²) in [6.45, 7) is 0.898. The highest BCUT2D eigenvalue weighted by Gasteiger charge is 2.29. The summed E-state index contributed by atoms with van der Waals surface area (Å²) in [5.74, 6) is -0.638.